The molecule has 2 N–H and O–H groups in total. The molecule has 0 aromatic carbocycles. The van der Waals surface area contributed by atoms with E-state index in [0.717, 1.165) is 18.5 Å². The molecule has 1 atom stereocenters. The van der Waals surface area contributed by atoms with E-state index in [0.29, 0.717) is 18.2 Å². The Hall–Kier alpha value is -1.40. The van der Waals surface area contributed by atoms with Crippen LogP contribution in [0.3, 0.4) is 0 Å². The van der Waals surface area contributed by atoms with E-state index in [1.165, 1.54) is 12.8 Å². The first-order chi connectivity index (χ1) is 10.3. The fourth-order valence-corrected chi connectivity index (χ4v) is 3.27. The molecule has 1 fully saturated rings. The maximum Gasteiger partial charge on any atom is 0.254 e. The molecule has 1 amide bonds. The van der Waals surface area contributed by atoms with Gasteiger partial charge in [0.05, 0.1) is 23.4 Å². The van der Waals surface area contributed by atoms with Gasteiger partial charge >= 0.3 is 0 Å². The summed E-state index contributed by atoms with van der Waals surface area (Å²) in [5.74, 6) is -0.166. The van der Waals surface area contributed by atoms with Crippen LogP contribution in [-0.4, -0.2) is 58.5 Å². The van der Waals surface area contributed by atoms with E-state index >= 15 is 0 Å². The minimum Gasteiger partial charge on any atom is -0.387 e. The lowest BCUT2D eigenvalue weighted by atomic mass is 10.1. The van der Waals surface area contributed by atoms with Crippen molar-refractivity contribution in [3.8, 4) is 0 Å². The Bertz CT molecular complexity index is 516. The molecule has 1 saturated carbocycles. The van der Waals surface area contributed by atoms with E-state index in [1.807, 2.05) is 30.6 Å². The Balaban J connectivity index is 1.98. The number of aliphatic hydroxyl groups is 1. The highest BCUT2D eigenvalue weighted by Crippen LogP contribution is 2.30. The van der Waals surface area contributed by atoms with Crippen molar-refractivity contribution in [1.82, 2.24) is 20.0 Å². The van der Waals surface area contributed by atoms with Gasteiger partial charge in [-0.15, -0.1) is 0 Å². The summed E-state index contributed by atoms with van der Waals surface area (Å²) in [4.78, 5) is 14.2. The molecule has 22 heavy (non-hydrogen) atoms. The standard InChI is InChI=1S/C16H28N4O2/c1-12-14(9-18-20(12)13-7-5-6-8-13)15(21)17-10-16(2,22)11-19(3)4/h9,13,22H,5-8,10-11H2,1-4H3,(H,17,21). The van der Waals surface area contributed by atoms with Crippen LogP contribution in [0.2, 0.25) is 0 Å². The lowest BCUT2D eigenvalue weighted by Gasteiger charge is -2.27. The summed E-state index contributed by atoms with van der Waals surface area (Å²) >= 11 is 0. The molecule has 1 heterocycles. The Labute approximate surface area is 132 Å². The summed E-state index contributed by atoms with van der Waals surface area (Å²) in [6.45, 7) is 4.38. The van der Waals surface area contributed by atoms with Gasteiger partial charge in [0.25, 0.3) is 5.91 Å². The molecule has 6 nitrogen and oxygen atoms in total. The molecule has 0 radical (unpaired) electrons. The van der Waals surface area contributed by atoms with Crippen LogP contribution in [0.1, 0.15) is 54.7 Å². The zero-order valence-corrected chi connectivity index (χ0v) is 14.1. The molecule has 1 aliphatic carbocycles. The van der Waals surface area contributed by atoms with Crippen molar-refractivity contribution in [2.24, 2.45) is 0 Å². The molecule has 0 saturated heterocycles. The van der Waals surface area contributed by atoms with E-state index in [4.69, 9.17) is 0 Å². The Morgan fingerprint density at radius 3 is 2.73 bits per heavy atom. The Kier molecular flexibility index (Phi) is 5.24. The topological polar surface area (TPSA) is 70.4 Å². The number of hydrogen-bond acceptors (Lipinski definition) is 4. The van der Waals surface area contributed by atoms with Gasteiger partial charge in [0.1, 0.15) is 0 Å². The van der Waals surface area contributed by atoms with Crippen LogP contribution in [0, 0.1) is 6.92 Å². The van der Waals surface area contributed by atoms with Crippen molar-refractivity contribution >= 4 is 5.91 Å². The first-order valence-electron chi connectivity index (χ1n) is 7.99. The first kappa shape index (κ1) is 17.0. The second-order valence-corrected chi connectivity index (χ2v) is 6.94. The van der Waals surface area contributed by atoms with Gasteiger partial charge in [-0.2, -0.15) is 5.10 Å². The van der Waals surface area contributed by atoms with E-state index in [2.05, 4.69) is 10.4 Å². The summed E-state index contributed by atoms with van der Waals surface area (Å²) < 4.78 is 1.99. The minimum absolute atomic E-state index is 0.166. The smallest absolute Gasteiger partial charge is 0.254 e. The fourth-order valence-electron chi connectivity index (χ4n) is 3.27. The van der Waals surface area contributed by atoms with E-state index < -0.39 is 5.60 Å². The monoisotopic (exact) mass is 308 g/mol. The quantitative estimate of drug-likeness (QED) is 0.832. The maximum atomic E-state index is 12.3. The van der Waals surface area contributed by atoms with Crippen LogP contribution >= 0.6 is 0 Å². The Morgan fingerprint density at radius 1 is 1.50 bits per heavy atom. The maximum absolute atomic E-state index is 12.3. The third kappa shape index (κ3) is 4.08. The zero-order chi connectivity index (χ0) is 16.3. The van der Waals surface area contributed by atoms with Crippen molar-refractivity contribution < 1.29 is 9.90 Å². The predicted octanol–water partition coefficient (Wildman–Crippen LogP) is 1.35. The van der Waals surface area contributed by atoms with Gasteiger partial charge in [-0.05, 0) is 40.8 Å². The molecule has 2 rings (SSSR count). The average Bonchev–Trinajstić information content (AvgIpc) is 3.03. The normalized spacial score (nSPS) is 18.6. The van der Waals surface area contributed by atoms with Crippen LogP contribution in [0.25, 0.3) is 0 Å². The van der Waals surface area contributed by atoms with Crippen LogP contribution < -0.4 is 5.32 Å². The van der Waals surface area contributed by atoms with Gasteiger partial charge in [-0.25, -0.2) is 0 Å². The molecule has 0 spiro atoms. The molecule has 124 valence electrons. The molecule has 0 aliphatic heterocycles. The average molecular weight is 308 g/mol. The van der Waals surface area contributed by atoms with Crippen molar-refractivity contribution in [2.75, 3.05) is 27.2 Å². The second-order valence-electron chi connectivity index (χ2n) is 6.94. The number of amides is 1. The largest absolute Gasteiger partial charge is 0.387 e. The number of rotatable bonds is 6. The minimum atomic E-state index is -0.950. The number of likely N-dealkylation sites (N-methyl/N-ethyl adjacent to an activating group) is 1. The predicted molar refractivity (Wildman–Crippen MR) is 86.0 cm³/mol. The van der Waals surface area contributed by atoms with E-state index in [-0.39, 0.29) is 12.5 Å². The van der Waals surface area contributed by atoms with Gasteiger partial charge in [0, 0.05) is 18.8 Å². The summed E-state index contributed by atoms with van der Waals surface area (Å²) in [5, 5.41) is 17.5. The van der Waals surface area contributed by atoms with Gasteiger partial charge in [0.15, 0.2) is 0 Å². The molecule has 1 aliphatic rings. The molecule has 1 unspecified atom stereocenters. The third-order valence-corrected chi connectivity index (χ3v) is 4.25. The molecule has 1 aromatic rings. The summed E-state index contributed by atoms with van der Waals surface area (Å²) in [5.41, 5.74) is 0.568. The number of nitrogens with zero attached hydrogens (tertiary/aromatic N) is 3. The van der Waals surface area contributed by atoms with Gasteiger partial charge in [-0.3, -0.25) is 9.48 Å². The third-order valence-electron chi connectivity index (χ3n) is 4.25. The summed E-state index contributed by atoms with van der Waals surface area (Å²) in [6, 6.07) is 0.429. The fraction of sp³-hybridized carbons (Fsp3) is 0.750. The van der Waals surface area contributed by atoms with Crippen LogP contribution in [0.5, 0.6) is 0 Å². The van der Waals surface area contributed by atoms with Gasteiger partial charge in [0.2, 0.25) is 0 Å². The highest BCUT2D eigenvalue weighted by Gasteiger charge is 2.25. The van der Waals surface area contributed by atoms with Crippen molar-refractivity contribution in [2.45, 2.75) is 51.2 Å². The van der Waals surface area contributed by atoms with E-state index in [1.54, 1.807) is 13.1 Å². The summed E-state index contributed by atoms with van der Waals surface area (Å²) in [7, 11) is 3.79. The van der Waals surface area contributed by atoms with Crippen LogP contribution in [-0.2, 0) is 0 Å². The molecule has 1 aromatic heterocycles. The van der Waals surface area contributed by atoms with Crippen molar-refractivity contribution in [3.05, 3.63) is 17.5 Å². The van der Waals surface area contributed by atoms with Crippen molar-refractivity contribution in [3.63, 3.8) is 0 Å². The van der Waals surface area contributed by atoms with Crippen LogP contribution in [0.4, 0.5) is 0 Å². The first-order valence-corrected chi connectivity index (χ1v) is 7.99. The summed E-state index contributed by atoms with van der Waals surface area (Å²) in [6.07, 6.45) is 6.39. The number of hydrogen-bond donors (Lipinski definition) is 2. The van der Waals surface area contributed by atoms with Crippen molar-refractivity contribution in [1.29, 1.82) is 0 Å². The molecule has 6 heteroatoms. The number of carbonyl (C=O) groups is 1. The lowest BCUT2D eigenvalue weighted by molar-refractivity contribution is 0.0326. The highest BCUT2D eigenvalue weighted by molar-refractivity contribution is 5.95. The second kappa shape index (κ2) is 6.79. The lowest BCUT2D eigenvalue weighted by Crippen LogP contribution is -2.47. The van der Waals surface area contributed by atoms with Crippen LogP contribution in [0.15, 0.2) is 6.20 Å². The molecular weight excluding hydrogens is 280 g/mol. The number of aromatic nitrogens is 2. The van der Waals surface area contributed by atoms with Gasteiger partial charge in [-0.1, -0.05) is 12.8 Å². The SMILES string of the molecule is Cc1c(C(=O)NCC(C)(O)CN(C)C)cnn1C1CCCC1. The van der Waals surface area contributed by atoms with Gasteiger partial charge < -0.3 is 15.3 Å². The Morgan fingerprint density at radius 2 is 2.14 bits per heavy atom. The molecular formula is C16H28N4O2. The number of carbonyl (C=O) groups excluding carboxylic acids is 1. The van der Waals surface area contributed by atoms with E-state index in [9.17, 15) is 9.90 Å². The zero-order valence-electron chi connectivity index (χ0n) is 14.1. The molecule has 0 bridgehead atoms. The highest BCUT2D eigenvalue weighted by atomic mass is 16.3. The number of nitrogens with one attached hydrogen (secondary N) is 1.